The fourth-order valence-electron chi connectivity index (χ4n) is 0.370. The van der Waals surface area contributed by atoms with Crippen molar-refractivity contribution in [1.29, 1.82) is 0 Å². The molecule has 0 unspecified atom stereocenters. The summed E-state index contributed by atoms with van der Waals surface area (Å²) in [7, 11) is 8.20. The maximum Gasteiger partial charge on any atom is 0.107 e. The van der Waals surface area contributed by atoms with Gasteiger partial charge in [0.05, 0.1) is 0 Å². The zero-order valence-electron chi connectivity index (χ0n) is 4.22. The molecule has 0 saturated carbocycles. The largest absolute Gasteiger partial charge is 0.107 e. The second-order valence-corrected chi connectivity index (χ2v) is 6.06. The van der Waals surface area contributed by atoms with E-state index in [0.717, 1.165) is 5.82 Å². The van der Waals surface area contributed by atoms with Crippen LogP contribution in [-0.2, 0) is 0 Å². The molecule has 0 aliphatic carbocycles. The van der Waals surface area contributed by atoms with Gasteiger partial charge in [-0.3, -0.25) is 0 Å². The topological polar surface area (TPSA) is 0 Å². The van der Waals surface area contributed by atoms with E-state index in [-0.39, 0.29) is 0 Å². The van der Waals surface area contributed by atoms with Crippen LogP contribution < -0.4 is 0 Å². The molecule has 4 heteroatoms. The van der Waals surface area contributed by atoms with Crippen LogP contribution in [0.2, 0.25) is 5.82 Å². The van der Waals surface area contributed by atoms with Gasteiger partial charge in [-0.15, -0.1) is 0 Å². The minimum Gasteiger partial charge on any atom is -0.0830 e. The normalized spacial score (nSPS) is 25.1. The average Bonchev–Trinajstić information content (AvgIpc) is 1.69. The van der Waals surface area contributed by atoms with E-state index in [1.165, 1.54) is 11.5 Å². The first-order valence-corrected chi connectivity index (χ1v) is 6.13. The fraction of sp³-hybridized carbons (Fsp3) is 1.00. The second kappa shape index (κ2) is 3.20. The number of hydrogen-bond donors (Lipinski definition) is 0. The van der Waals surface area contributed by atoms with Crippen molar-refractivity contribution < 1.29 is 0 Å². The van der Waals surface area contributed by atoms with Crippen LogP contribution in [0.4, 0.5) is 0 Å². The molecule has 1 fully saturated rings. The highest BCUT2D eigenvalue weighted by molar-refractivity contribution is 9.09. The van der Waals surface area contributed by atoms with Gasteiger partial charge in [-0.25, -0.2) is 0 Å². The molecular weight excluding hydrogens is 143 g/mol. The predicted molar refractivity (Wildman–Crippen MR) is 44.8 cm³/mol. The van der Waals surface area contributed by atoms with Crippen LogP contribution in [0.1, 0.15) is 0 Å². The van der Waals surface area contributed by atoms with E-state index in [1.807, 2.05) is 31.4 Å². The zero-order valence-corrected chi connectivity index (χ0v) is 6.67. The summed E-state index contributed by atoms with van der Waals surface area (Å²) < 4.78 is 0. The Hall–Kier alpha value is 1.11. The van der Waals surface area contributed by atoms with E-state index in [4.69, 9.17) is 0 Å². The Kier molecular flexibility index (Phi) is 2.85. The number of hydrogen-bond acceptors (Lipinski definition) is 3. The first-order chi connectivity index (χ1) is 3.39. The third-order valence-electron chi connectivity index (χ3n) is 0.801. The molecule has 0 nitrogen and oxygen atoms in total. The monoisotopic (exact) mass is 150 g/mol. The minimum atomic E-state index is 0.941. The van der Waals surface area contributed by atoms with Crippen molar-refractivity contribution in [3.8, 4) is 0 Å². The highest BCUT2D eigenvalue weighted by Crippen LogP contribution is 2.43. The van der Waals surface area contributed by atoms with Crippen molar-refractivity contribution in [3.05, 3.63) is 0 Å². The summed E-state index contributed by atoms with van der Waals surface area (Å²) >= 11 is 0. The van der Waals surface area contributed by atoms with E-state index in [0.29, 0.717) is 0 Å². The molecule has 0 aromatic heterocycles. The molecule has 1 aliphatic heterocycles. The van der Waals surface area contributed by atoms with Crippen molar-refractivity contribution >= 4 is 39.3 Å². The van der Waals surface area contributed by atoms with Gasteiger partial charge in [-0.2, -0.15) is 0 Å². The van der Waals surface area contributed by atoms with Crippen LogP contribution in [0, 0.1) is 0 Å². The molecule has 1 rings (SSSR count). The standard InChI is InChI=1S/C3H7BS3/c4-3-1-5-7-6-2-3/h3H,1-2,4H2. The molecule has 40 valence electrons. The van der Waals surface area contributed by atoms with Crippen molar-refractivity contribution in [3.63, 3.8) is 0 Å². The van der Waals surface area contributed by atoms with Gasteiger partial charge >= 0.3 is 0 Å². The highest BCUT2D eigenvalue weighted by atomic mass is 33.5. The van der Waals surface area contributed by atoms with E-state index in [2.05, 4.69) is 7.85 Å². The summed E-state index contributed by atoms with van der Waals surface area (Å²) in [5.74, 6) is 3.63. The third-order valence-corrected chi connectivity index (χ3v) is 5.53. The Balaban J connectivity index is 2.12. The Bertz CT molecular complexity index is 52.1. The molecule has 0 N–H and O–H groups in total. The van der Waals surface area contributed by atoms with Gasteiger partial charge in [0.25, 0.3) is 0 Å². The van der Waals surface area contributed by atoms with Gasteiger partial charge in [0.2, 0.25) is 0 Å². The van der Waals surface area contributed by atoms with Gasteiger partial charge in [0.1, 0.15) is 7.85 Å². The van der Waals surface area contributed by atoms with Gasteiger partial charge < -0.3 is 0 Å². The van der Waals surface area contributed by atoms with Gasteiger partial charge in [-0.1, -0.05) is 27.4 Å². The summed E-state index contributed by atoms with van der Waals surface area (Å²) in [4.78, 5) is 0. The van der Waals surface area contributed by atoms with Gasteiger partial charge in [-0.05, 0) is 9.83 Å². The zero-order chi connectivity index (χ0) is 5.11. The summed E-state index contributed by atoms with van der Waals surface area (Å²) in [6.45, 7) is 0. The minimum absolute atomic E-state index is 0.941. The molecule has 0 amide bonds. The predicted octanol–water partition coefficient (Wildman–Crippen LogP) is 1.45. The molecule has 0 radical (unpaired) electrons. The van der Waals surface area contributed by atoms with Crippen molar-refractivity contribution in [2.75, 3.05) is 11.5 Å². The summed E-state index contributed by atoms with van der Waals surface area (Å²) in [6, 6.07) is 0. The lowest BCUT2D eigenvalue weighted by Crippen LogP contribution is -1.99. The van der Waals surface area contributed by atoms with Crippen LogP contribution in [0.15, 0.2) is 0 Å². The van der Waals surface area contributed by atoms with E-state index in [1.54, 1.807) is 0 Å². The molecule has 0 spiro atoms. The highest BCUT2D eigenvalue weighted by Gasteiger charge is 2.08. The smallest absolute Gasteiger partial charge is 0.0830 e. The molecule has 0 aromatic rings. The van der Waals surface area contributed by atoms with E-state index < -0.39 is 0 Å². The number of rotatable bonds is 0. The Morgan fingerprint density at radius 1 is 1.29 bits per heavy atom. The van der Waals surface area contributed by atoms with Crippen LogP contribution in [0.5, 0.6) is 0 Å². The molecule has 0 bridgehead atoms. The molecule has 0 aromatic carbocycles. The molecule has 1 heterocycles. The van der Waals surface area contributed by atoms with Crippen molar-refractivity contribution in [2.45, 2.75) is 5.82 Å². The van der Waals surface area contributed by atoms with Crippen molar-refractivity contribution in [1.82, 2.24) is 0 Å². The lowest BCUT2D eigenvalue weighted by molar-refractivity contribution is 1.12. The third kappa shape index (κ3) is 2.24. The Morgan fingerprint density at radius 3 is 2.14 bits per heavy atom. The summed E-state index contributed by atoms with van der Waals surface area (Å²) in [5, 5.41) is 0. The molecule has 1 aliphatic rings. The maximum atomic E-state index is 2.31. The first kappa shape index (κ1) is 6.24. The van der Waals surface area contributed by atoms with Crippen LogP contribution in [0.3, 0.4) is 0 Å². The molecule has 1 saturated heterocycles. The van der Waals surface area contributed by atoms with E-state index >= 15 is 0 Å². The quantitative estimate of drug-likeness (QED) is 0.379. The average molecular weight is 150 g/mol. The van der Waals surface area contributed by atoms with Crippen molar-refractivity contribution in [2.24, 2.45) is 0 Å². The van der Waals surface area contributed by atoms with Crippen LogP contribution in [0.25, 0.3) is 0 Å². The molecular formula is C3H7BS3. The van der Waals surface area contributed by atoms with Gasteiger partial charge in [0.15, 0.2) is 0 Å². The van der Waals surface area contributed by atoms with Gasteiger partial charge in [0, 0.05) is 11.5 Å². The molecule has 7 heavy (non-hydrogen) atoms. The molecule has 0 atom stereocenters. The SMILES string of the molecule is BC1CSSSC1. The summed E-state index contributed by atoms with van der Waals surface area (Å²) in [6.07, 6.45) is 0. The van der Waals surface area contributed by atoms with E-state index in [9.17, 15) is 0 Å². The summed E-state index contributed by atoms with van der Waals surface area (Å²) in [5.41, 5.74) is 0. The van der Waals surface area contributed by atoms with Crippen LogP contribution >= 0.6 is 31.4 Å². The Morgan fingerprint density at radius 2 is 1.86 bits per heavy atom. The maximum absolute atomic E-state index is 2.31. The fourth-order valence-corrected chi connectivity index (χ4v) is 4.94. The Labute approximate surface area is 56.8 Å². The lowest BCUT2D eigenvalue weighted by atomic mass is 9.92. The lowest BCUT2D eigenvalue weighted by Gasteiger charge is -2.13. The van der Waals surface area contributed by atoms with Crippen LogP contribution in [-0.4, -0.2) is 19.4 Å². The first-order valence-electron chi connectivity index (χ1n) is 2.30. The second-order valence-electron chi connectivity index (χ2n) is 1.74.